The highest BCUT2D eigenvalue weighted by Crippen LogP contribution is 2.51. The molecular formula is C14H25NO4S. The van der Waals surface area contributed by atoms with Crippen LogP contribution < -0.4 is 5.73 Å². The van der Waals surface area contributed by atoms with Crippen LogP contribution >= 0.6 is 0 Å². The van der Waals surface area contributed by atoms with Crippen LogP contribution in [0.2, 0.25) is 0 Å². The number of carbonyl (C=O) groups is 1. The van der Waals surface area contributed by atoms with Gasteiger partial charge in [0.1, 0.15) is 0 Å². The van der Waals surface area contributed by atoms with Crippen LogP contribution in [0, 0.1) is 10.8 Å². The lowest BCUT2D eigenvalue weighted by atomic mass is 9.88. The van der Waals surface area contributed by atoms with Crippen molar-refractivity contribution in [1.29, 1.82) is 0 Å². The molecule has 2 saturated carbocycles. The Labute approximate surface area is 121 Å². The lowest BCUT2D eigenvalue weighted by Gasteiger charge is -2.27. The van der Waals surface area contributed by atoms with Crippen LogP contribution in [0.3, 0.4) is 0 Å². The molecule has 2 aliphatic rings. The largest absolute Gasteiger partial charge is 0.469 e. The standard InChI is InChI=1S/C14H25NO4S/c1-13(2)5-4-10(12(13)15)20(17,18)9-14(6-7-14)8-11(16)19-3/h10,12H,4-9,15H2,1-3H3. The van der Waals surface area contributed by atoms with Crippen LogP contribution in [0.1, 0.15) is 46.0 Å². The zero-order valence-electron chi connectivity index (χ0n) is 12.5. The summed E-state index contributed by atoms with van der Waals surface area (Å²) >= 11 is 0. The molecule has 0 bridgehead atoms. The fourth-order valence-electron chi connectivity index (χ4n) is 3.23. The highest BCUT2D eigenvalue weighted by Gasteiger charge is 2.52. The van der Waals surface area contributed by atoms with Gasteiger partial charge in [-0.15, -0.1) is 0 Å². The van der Waals surface area contributed by atoms with Gasteiger partial charge in [-0.3, -0.25) is 4.79 Å². The minimum absolute atomic E-state index is 0.0730. The Morgan fingerprint density at radius 1 is 1.30 bits per heavy atom. The molecule has 0 aromatic rings. The Morgan fingerprint density at radius 2 is 1.90 bits per heavy atom. The predicted octanol–water partition coefficient (Wildman–Crippen LogP) is 1.26. The molecule has 2 aliphatic carbocycles. The maximum Gasteiger partial charge on any atom is 0.306 e. The molecule has 0 amide bonds. The van der Waals surface area contributed by atoms with E-state index in [1.54, 1.807) is 0 Å². The second-order valence-corrected chi connectivity index (χ2v) is 9.37. The summed E-state index contributed by atoms with van der Waals surface area (Å²) in [6.45, 7) is 4.04. The van der Waals surface area contributed by atoms with Gasteiger partial charge in [0.15, 0.2) is 9.84 Å². The van der Waals surface area contributed by atoms with Crippen LogP contribution in [0.5, 0.6) is 0 Å². The maximum absolute atomic E-state index is 12.6. The summed E-state index contributed by atoms with van der Waals surface area (Å²) in [5, 5.41) is -0.465. The first-order chi connectivity index (χ1) is 9.12. The van der Waals surface area contributed by atoms with Crippen LogP contribution in [0.15, 0.2) is 0 Å². The molecular weight excluding hydrogens is 278 g/mol. The third-order valence-electron chi connectivity index (χ3n) is 5.05. The van der Waals surface area contributed by atoms with Gasteiger partial charge in [-0.2, -0.15) is 0 Å². The van der Waals surface area contributed by atoms with Crippen LogP contribution in [-0.2, 0) is 19.4 Å². The Balaban J connectivity index is 2.07. The van der Waals surface area contributed by atoms with Crippen molar-refractivity contribution in [3.05, 3.63) is 0 Å². The van der Waals surface area contributed by atoms with Gasteiger partial charge in [-0.1, -0.05) is 13.8 Å². The van der Waals surface area contributed by atoms with Gasteiger partial charge >= 0.3 is 5.97 Å². The summed E-state index contributed by atoms with van der Waals surface area (Å²) in [6, 6.07) is -0.318. The Bertz CT molecular complexity index is 493. The van der Waals surface area contributed by atoms with E-state index in [1.807, 2.05) is 13.8 Å². The molecule has 0 spiro atoms. The van der Waals surface area contributed by atoms with E-state index in [9.17, 15) is 13.2 Å². The number of rotatable bonds is 5. The van der Waals surface area contributed by atoms with Crippen molar-refractivity contribution in [1.82, 2.24) is 0 Å². The summed E-state index contributed by atoms with van der Waals surface area (Å²) in [5.74, 6) is -0.252. The van der Waals surface area contributed by atoms with Gasteiger partial charge in [-0.05, 0) is 36.5 Å². The van der Waals surface area contributed by atoms with E-state index < -0.39 is 20.5 Å². The molecule has 0 aromatic heterocycles. The molecule has 0 heterocycles. The smallest absolute Gasteiger partial charge is 0.306 e. The van der Waals surface area contributed by atoms with E-state index >= 15 is 0 Å². The zero-order valence-corrected chi connectivity index (χ0v) is 13.3. The lowest BCUT2D eigenvalue weighted by molar-refractivity contribution is -0.141. The van der Waals surface area contributed by atoms with E-state index in [0.717, 1.165) is 19.3 Å². The van der Waals surface area contributed by atoms with Gasteiger partial charge in [0, 0.05) is 6.04 Å². The van der Waals surface area contributed by atoms with Gasteiger partial charge in [0.25, 0.3) is 0 Å². The monoisotopic (exact) mass is 303 g/mol. The Hall–Kier alpha value is -0.620. The summed E-state index contributed by atoms with van der Waals surface area (Å²) in [7, 11) is -1.93. The van der Waals surface area contributed by atoms with Crippen molar-refractivity contribution in [2.24, 2.45) is 16.6 Å². The fraction of sp³-hybridized carbons (Fsp3) is 0.929. The highest BCUT2D eigenvalue weighted by molar-refractivity contribution is 7.92. The average molecular weight is 303 g/mol. The van der Waals surface area contributed by atoms with Crippen molar-refractivity contribution in [3.8, 4) is 0 Å². The molecule has 5 nitrogen and oxygen atoms in total. The van der Waals surface area contributed by atoms with E-state index in [0.29, 0.717) is 6.42 Å². The van der Waals surface area contributed by atoms with Gasteiger partial charge in [0.2, 0.25) is 0 Å². The lowest BCUT2D eigenvalue weighted by Crippen LogP contribution is -2.45. The molecule has 2 rings (SSSR count). The van der Waals surface area contributed by atoms with Crippen LogP contribution in [-0.4, -0.2) is 38.5 Å². The predicted molar refractivity (Wildman–Crippen MR) is 76.9 cm³/mol. The van der Waals surface area contributed by atoms with Crippen LogP contribution in [0.25, 0.3) is 0 Å². The first kappa shape index (κ1) is 15.8. The van der Waals surface area contributed by atoms with E-state index in [-0.39, 0.29) is 29.6 Å². The molecule has 0 saturated heterocycles. The molecule has 116 valence electrons. The molecule has 2 fully saturated rings. The zero-order chi connectivity index (χ0) is 15.2. The average Bonchev–Trinajstić information content (AvgIpc) is 2.99. The molecule has 6 heteroatoms. The molecule has 0 aromatic carbocycles. The van der Waals surface area contributed by atoms with Crippen LogP contribution in [0.4, 0.5) is 0 Å². The number of carbonyl (C=O) groups excluding carboxylic acids is 1. The summed E-state index contributed by atoms with van der Waals surface area (Å²) in [6.07, 6.45) is 3.24. The third kappa shape index (κ3) is 3.01. The number of methoxy groups -OCH3 is 1. The summed E-state index contributed by atoms with van der Waals surface area (Å²) in [5.41, 5.74) is 5.62. The number of sulfone groups is 1. The molecule has 2 atom stereocenters. The SMILES string of the molecule is COC(=O)CC1(CS(=O)(=O)C2CCC(C)(C)C2N)CC1. The number of nitrogens with two attached hydrogens (primary N) is 1. The minimum atomic E-state index is -3.26. The summed E-state index contributed by atoms with van der Waals surface area (Å²) < 4.78 is 29.9. The molecule has 0 aliphatic heterocycles. The number of ether oxygens (including phenoxy) is 1. The van der Waals surface area contributed by atoms with Crippen molar-refractivity contribution in [2.45, 2.75) is 57.2 Å². The van der Waals surface area contributed by atoms with E-state index in [1.165, 1.54) is 7.11 Å². The van der Waals surface area contributed by atoms with Crippen molar-refractivity contribution >= 4 is 15.8 Å². The topological polar surface area (TPSA) is 86.5 Å². The second-order valence-electron chi connectivity index (χ2n) is 7.15. The quantitative estimate of drug-likeness (QED) is 0.773. The minimum Gasteiger partial charge on any atom is -0.469 e. The molecule has 20 heavy (non-hydrogen) atoms. The fourth-order valence-corrected chi connectivity index (χ4v) is 5.98. The summed E-state index contributed by atoms with van der Waals surface area (Å²) in [4.78, 5) is 11.4. The van der Waals surface area contributed by atoms with E-state index in [4.69, 9.17) is 5.73 Å². The first-order valence-corrected chi connectivity index (χ1v) is 8.87. The molecule has 2 unspecified atom stereocenters. The third-order valence-corrected chi connectivity index (χ3v) is 7.52. The molecule has 0 radical (unpaired) electrons. The first-order valence-electron chi connectivity index (χ1n) is 7.16. The van der Waals surface area contributed by atoms with Crippen molar-refractivity contribution in [3.63, 3.8) is 0 Å². The number of hydrogen-bond acceptors (Lipinski definition) is 5. The maximum atomic E-state index is 12.6. The van der Waals surface area contributed by atoms with Crippen molar-refractivity contribution in [2.75, 3.05) is 12.9 Å². The van der Waals surface area contributed by atoms with Crippen molar-refractivity contribution < 1.29 is 17.9 Å². The van der Waals surface area contributed by atoms with Gasteiger partial charge in [-0.25, -0.2) is 8.42 Å². The Morgan fingerprint density at radius 3 is 2.30 bits per heavy atom. The number of esters is 1. The normalized spacial score (nSPS) is 31.0. The van der Waals surface area contributed by atoms with Gasteiger partial charge in [0.05, 0.1) is 24.5 Å². The highest BCUT2D eigenvalue weighted by atomic mass is 32.2. The Kier molecular flexibility index (Phi) is 3.93. The van der Waals surface area contributed by atoms with E-state index in [2.05, 4.69) is 4.74 Å². The molecule has 2 N–H and O–H groups in total. The second kappa shape index (κ2) is 4.98. The van der Waals surface area contributed by atoms with Gasteiger partial charge < -0.3 is 10.5 Å². The number of hydrogen-bond donors (Lipinski definition) is 1.